The van der Waals surface area contributed by atoms with Crippen LogP contribution in [-0.4, -0.2) is 40.5 Å². The highest BCUT2D eigenvalue weighted by Crippen LogP contribution is 2.65. The first kappa shape index (κ1) is 26.5. The Kier molecular flexibility index (Phi) is 14.3. The summed E-state index contributed by atoms with van der Waals surface area (Å²) in [6, 6.07) is 0. The maximum atomic E-state index is 13.8. The van der Waals surface area contributed by atoms with Crippen LogP contribution < -0.4 is 0 Å². The summed E-state index contributed by atoms with van der Waals surface area (Å²) in [5, 5.41) is 0.113. The van der Waals surface area contributed by atoms with E-state index in [1.807, 2.05) is 13.8 Å². The third kappa shape index (κ3) is 9.51. The second-order valence-electron chi connectivity index (χ2n) is 7.27. The van der Waals surface area contributed by atoms with Crippen molar-refractivity contribution in [1.29, 1.82) is 0 Å². The lowest BCUT2D eigenvalue weighted by Crippen LogP contribution is -2.34. The van der Waals surface area contributed by atoms with Gasteiger partial charge in [0.15, 0.2) is 0 Å². The van der Waals surface area contributed by atoms with Crippen LogP contribution in [0.3, 0.4) is 0 Å². The Morgan fingerprint density at radius 3 is 1.56 bits per heavy atom. The van der Waals surface area contributed by atoms with E-state index in [-0.39, 0.29) is 17.1 Å². The van der Waals surface area contributed by atoms with Gasteiger partial charge in [-0.1, -0.05) is 77.6 Å². The van der Waals surface area contributed by atoms with Crippen LogP contribution in [-0.2, 0) is 14.2 Å². The highest BCUT2D eigenvalue weighted by atomic mass is 32.7. The monoisotopic (exact) mass is 420 g/mol. The van der Waals surface area contributed by atoms with Crippen molar-refractivity contribution in [3.05, 3.63) is 0 Å². The molecule has 7 heteroatoms. The average molecular weight is 421 g/mol. The Bertz CT molecular complexity index is 454. The lowest BCUT2D eigenvalue weighted by atomic mass is 10.1. The summed E-state index contributed by atoms with van der Waals surface area (Å²) in [6.45, 7) is 4.97. The average Bonchev–Trinajstić information content (AvgIpc) is 2.66. The zero-order valence-electron chi connectivity index (χ0n) is 18.3. The van der Waals surface area contributed by atoms with Crippen molar-refractivity contribution in [2.45, 2.75) is 104 Å². The molecule has 5 nitrogen and oxygen atoms in total. The van der Waals surface area contributed by atoms with Gasteiger partial charge in [-0.05, 0) is 19.3 Å². The molecule has 0 aromatic carbocycles. The van der Waals surface area contributed by atoms with Crippen LogP contribution in [0, 0.1) is 0 Å². The van der Waals surface area contributed by atoms with Crippen LogP contribution in [0.15, 0.2) is 0 Å². The summed E-state index contributed by atoms with van der Waals surface area (Å²) in [5.74, 6) is -0.258. The Morgan fingerprint density at radius 1 is 0.815 bits per heavy atom. The zero-order chi connectivity index (χ0) is 20.9. The van der Waals surface area contributed by atoms with E-state index in [0.29, 0.717) is 12.8 Å². The molecule has 0 radical (unpaired) electrons. The summed E-state index contributed by atoms with van der Waals surface area (Å²) >= 11 is 1.27. The number of amides is 2. The molecule has 1 unspecified atom stereocenters. The van der Waals surface area contributed by atoms with E-state index in [1.54, 1.807) is 14.1 Å². The molecule has 0 saturated heterocycles. The Hall–Kier alpha value is -0.480. The summed E-state index contributed by atoms with van der Waals surface area (Å²) in [4.78, 5) is 25.3. The van der Waals surface area contributed by atoms with Gasteiger partial charge in [-0.3, -0.25) is 23.5 Å². The van der Waals surface area contributed by atoms with Crippen molar-refractivity contribution in [2.75, 3.05) is 14.1 Å². The van der Waals surface area contributed by atoms with Gasteiger partial charge in [-0.25, -0.2) is 0 Å². The minimum atomic E-state index is -3.31. The van der Waals surface area contributed by atoms with Gasteiger partial charge in [-0.15, -0.1) is 0 Å². The fraction of sp³-hybridized carbons (Fsp3) is 0.900. The van der Waals surface area contributed by atoms with Crippen molar-refractivity contribution in [3.8, 4) is 0 Å². The molecule has 0 bridgehead atoms. The van der Waals surface area contributed by atoms with Gasteiger partial charge >= 0.3 is 6.65 Å². The smallest absolute Gasteiger partial charge is 0.274 e. The van der Waals surface area contributed by atoms with Gasteiger partial charge in [0.2, 0.25) is 11.8 Å². The fourth-order valence-electron chi connectivity index (χ4n) is 2.66. The number of carbonyl (C=O) groups excluding carboxylic acids is 2. The Balaban J connectivity index is 5.12. The highest BCUT2D eigenvalue weighted by molar-refractivity contribution is 8.57. The molecule has 0 aliphatic rings. The molecule has 160 valence electrons. The first-order valence-corrected chi connectivity index (χ1v) is 13.7. The zero-order valence-corrected chi connectivity index (χ0v) is 20.0. The molecule has 0 fully saturated rings. The third-order valence-corrected chi connectivity index (χ3v) is 11.2. The summed E-state index contributed by atoms with van der Waals surface area (Å²) < 4.78 is 16.5. The molecule has 0 saturated carbocycles. The molecule has 2 amide bonds. The summed E-state index contributed by atoms with van der Waals surface area (Å²) in [6.07, 6.45) is 9.67. The van der Waals surface area contributed by atoms with Crippen LogP contribution in [0.5, 0.6) is 0 Å². The molecule has 0 rings (SSSR count). The second kappa shape index (κ2) is 14.5. The summed E-state index contributed by atoms with van der Waals surface area (Å²) in [5.41, 5.74) is 0. The number of hydrogen-bond acceptors (Lipinski definition) is 4. The molecular weight excluding hydrogens is 379 g/mol. The standard InChI is InChI=1S/C20H41N2O3PS/c1-7-10-12-14-16-19(23)21(5)26(25,27-18(4)9-3)22(6)20(24)17-15-13-11-8-2/h18H,7-17H2,1-6H3. The molecule has 0 aromatic rings. The lowest BCUT2D eigenvalue weighted by Gasteiger charge is -2.35. The summed E-state index contributed by atoms with van der Waals surface area (Å²) in [7, 11) is 3.19. The molecule has 0 aromatic heterocycles. The molecule has 1 atom stereocenters. The number of nitrogens with zero attached hydrogens (tertiary/aromatic N) is 2. The third-order valence-electron chi connectivity index (χ3n) is 4.86. The van der Waals surface area contributed by atoms with Gasteiger partial charge in [0.25, 0.3) is 0 Å². The Labute approximate surface area is 171 Å². The first-order chi connectivity index (χ1) is 12.7. The topological polar surface area (TPSA) is 57.7 Å². The van der Waals surface area contributed by atoms with E-state index in [0.717, 1.165) is 57.8 Å². The molecule has 27 heavy (non-hydrogen) atoms. The number of hydrogen-bond donors (Lipinski definition) is 0. The van der Waals surface area contributed by atoms with E-state index in [9.17, 15) is 14.2 Å². The van der Waals surface area contributed by atoms with Crippen LogP contribution in [0.1, 0.15) is 98.3 Å². The van der Waals surface area contributed by atoms with E-state index in [1.165, 1.54) is 20.7 Å². The van der Waals surface area contributed by atoms with Gasteiger partial charge in [0.05, 0.1) is 0 Å². The van der Waals surface area contributed by atoms with Crippen molar-refractivity contribution < 1.29 is 14.2 Å². The molecule has 0 spiro atoms. The molecule has 0 N–H and O–H groups in total. The Morgan fingerprint density at radius 2 is 1.22 bits per heavy atom. The number of rotatable bonds is 15. The molecular formula is C20H41N2O3PS. The minimum Gasteiger partial charge on any atom is -0.274 e. The fourth-order valence-corrected chi connectivity index (χ4v) is 7.98. The van der Waals surface area contributed by atoms with E-state index < -0.39 is 6.65 Å². The van der Waals surface area contributed by atoms with Crippen LogP contribution in [0.4, 0.5) is 0 Å². The SMILES string of the molecule is CCCCCCC(=O)N(C)P(=O)(SC(C)CC)N(C)C(=O)CCCCCC. The van der Waals surface area contributed by atoms with E-state index >= 15 is 0 Å². The normalized spacial score (nSPS) is 12.7. The minimum absolute atomic E-state index is 0.113. The maximum absolute atomic E-state index is 13.8. The predicted molar refractivity (Wildman–Crippen MR) is 118 cm³/mol. The highest BCUT2D eigenvalue weighted by Gasteiger charge is 2.40. The van der Waals surface area contributed by atoms with Gasteiger partial charge in [0.1, 0.15) is 0 Å². The predicted octanol–water partition coefficient (Wildman–Crippen LogP) is 6.48. The largest absolute Gasteiger partial charge is 0.323 e. The molecule has 0 aliphatic carbocycles. The first-order valence-electron chi connectivity index (χ1n) is 10.6. The van der Waals surface area contributed by atoms with Crippen molar-refractivity contribution in [1.82, 2.24) is 9.34 Å². The van der Waals surface area contributed by atoms with Gasteiger partial charge in [-0.2, -0.15) is 0 Å². The van der Waals surface area contributed by atoms with Crippen LogP contribution >= 0.6 is 18.0 Å². The maximum Gasteiger partial charge on any atom is 0.323 e. The van der Waals surface area contributed by atoms with Crippen molar-refractivity contribution in [2.24, 2.45) is 0 Å². The second-order valence-corrected chi connectivity index (χ2v) is 12.5. The van der Waals surface area contributed by atoms with E-state index in [4.69, 9.17) is 0 Å². The van der Waals surface area contributed by atoms with Crippen molar-refractivity contribution in [3.63, 3.8) is 0 Å². The number of unbranched alkanes of at least 4 members (excludes halogenated alkanes) is 6. The number of carbonyl (C=O) groups is 2. The van der Waals surface area contributed by atoms with Gasteiger partial charge < -0.3 is 0 Å². The molecule has 0 heterocycles. The molecule has 0 aliphatic heterocycles. The quantitative estimate of drug-likeness (QED) is 0.225. The van der Waals surface area contributed by atoms with Gasteiger partial charge in [0, 0.05) is 32.2 Å². The van der Waals surface area contributed by atoms with Crippen LogP contribution in [0.25, 0.3) is 0 Å². The lowest BCUT2D eigenvalue weighted by molar-refractivity contribution is -0.127. The van der Waals surface area contributed by atoms with Crippen LogP contribution in [0.2, 0.25) is 0 Å². The van der Waals surface area contributed by atoms with E-state index in [2.05, 4.69) is 13.8 Å². The van der Waals surface area contributed by atoms with Crippen molar-refractivity contribution >= 4 is 29.8 Å².